The summed E-state index contributed by atoms with van der Waals surface area (Å²) >= 11 is 6.54. The number of hydrogen-bond acceptors (Lipinski definition) is 6. The number of methoxy groups -OCH3 is 1. The average Bonchev–Trinajstić information content (AvgIpc) is 3.69. The van der Waals surface area contributed by atoms with E-state index >= 15 is 8.78 Å². The largest absolute Gasteiger partial charge is 0.383 e. The van der Waals surface area contributed by atoms with Crippen LogP contribution in [0.2, 0.25) is 5.02 Å². The van der Waals surface area contributed by atoms with E-state index in [1.807, 2.05) is 4.90 Å². The number of carbonyl (C=O) groups is 3. The van der Waals surface area contributed by atoms with Crippen LogP contribution in [0.1, 0.15) is 39.5 Å². The summed E-state index contributed by atoms with van der Waals surface area (Å²) in [5, 5.41) is 7.14. The lowest BCUT2D eigenvalue weighted by molar-refractivity contribution is -0.895. The molecular weight excluding hydrogens is 694 g/mol. The van der Waals surface area contributed by atoms with E-state index in [0.29, 0.717) is 56.3 Å². The summed E-state index contributed by atoms with van der Waals surface area (Å²) in [5.74, 6) is -2.82. The van der Waals surface area contributed by atoms with Crippen molar-refractivity contribution in [2.75, 3.05) is 72.4 Å². The van der Waals surface area contributed by atoms with Crippen LogP contribution in [0.5, 0.6) is 0 Å². The molecule has 3 amide bonds. The molecule has 15 heteroatoms. The van der Waals surface area contributed by atoms with Crippen molar-refractivity contribution in [1.29, 1.82) is 0 Å². The van der Waals surface area contributed by atoms with E-state index in [1.54, 1.807) is 35.7 Å². The van der Waals surface area contributed by atoms with E-state index in [1.165, 1.54) is 42.2 Å². The summed E-state index contributed by atoms with van der Waals surface area (Å²) in [7, 11) is 7.48. The average molecular weight is 738 g/mol. The van der Waals surface area contributed by atoms with Crippen LogP contribution < -0.4 is 5.32 Å². The standard InChI is InChI=1S/C37H43ClF2N8O4/c1-23-29(21-42-47(23)16-19-52-5)26-8-9-28(33(40)32(26)39)31-22-41-34(44(31)2)35(49)43-25-6-7-27(30(38)20-25)37(51)46-14-12-45(13-15-46)36(50)24-10-17-48(3,4)18-11-24/h6-9,20-22,24H,10-19H2,1-5H3/p+1. The first kappa shape index (κ1) is 37.1. The molecule has 2 aliphatic heterocycles. The first-order chi connectivity index (χ1) is 24.8. The molecule has 52 heavy (non-hydrogen) atoms. The van der Waals surface area contributed by atoms with Crippen LogP contribution in [0.4, 0.5) is 14.5 Å². The first-order valence-electron chi connectivity index (χ1n) is 17.3. The van der Waals surface area contributed by atoms with Crippen molar-refractivity contribution in [3.05, 3.63) is 76.5 Å². The molecule has 0 saturated carbocycles. The summed E-state index contributed by atoms with van der Waals surface area (Å²) in [6.07, 6.45) is 4.55. The number of imidazole rings is 1. The number of benzene rings is 2. The van der Waals surface area contributed by atoms with Gasteiger partial charge in [-0.25, -0.2) is 13.8 Å². The SMILES string of the molecule is COCCn1ncc(-c2ccc(-c3cnc(C(=O)Nc4ccc(C(=O)N5CCN(C(=O)C6CC[N+](C)(C)CC6)CC5)c(Cl)c4)n3C)c(F)c2F)c1C. The van der Waals surface area contributed by atoms with Crippen molar-refractivity contribution in [3.63, 3.8) is 0 Å². The quantitative estimate of drug-likeness (QED) is 0.246. The third kappa shape index (κ3) is 7.46. The molecule has 0 bridgehead atoms. The van der Waals surface area contributed by atoms with Gasteiger partial charge in [-0.1, -0.05) is 17.7 Å². The summed E-state index contributed by atoms with van der Waals surface area (Å²) in [4.78, 5) is 47.5. The van der Waals surface area contributed by atoms with Gasteiger partial charge < -0.3 is 28.9 Å². The molecule has 4 aromatic rings. The van der Waals surface area contributed by atoms with Gasteiger partial charge in [0.05, 0.1) is 69.0 Å². The Morgan fingerprint density at radius 2 is 1.62 bits per heavy atom. The Bertz CT molecular complexity index is 1990. The molecule has 2 aliphatic rings. The Morgan fingerprint density at radius 1 is 0.962 bits per heavy atom. The number of carbonyl (C=O) groups excluding carboxylic acids is 3. The highest BCUT2D eigenvalue weighted by molar-refractivity contribution is 6.34. The number of amides is 3. The number of quaternary nitrogens is 1. The number of rotatable bonds is 9. The van der Waals surface area contributed by atoms with Crippen molar-refractivity contribution in [1.82, 2.24) is 29.1 Å². The number of halogens is 3. The van der Waals surface area contributed by atoms with Gasteiger partial charge in [-0.3, -0.25) is 19.1 Å². The van der Waals surface area contributed by atoms with E-state index in [9.17, 15) is 14.4 Å². The lowest BCUT2D eigenvalue weighted by Gasteiger charge is -2.40. The zero-order valence-corrected chi connectivity index (χ0v) is 30.8. The maximum absolute atomic E-state index is 15.5. The second-order valence-corrected chi connectivity index (χ2v) is 14.5. The summed E-state index contributed by atoms with van der Waals surface area (Å²) in [5.41, 5.74) is 1.94. The van der Waals surface area contributed by atoms with Crippen LogP contribution in [0, 0.1) is 24.5 Å². The van der Waals surface area contributed by atoms with Crippen molar-refractivity contribution >= 4 is 35.0 Å². The second-order valence-electron chi connectivity index (χ2n) is 14.1. The Kier molecular flexibility index (Phi) is 10.8. The number of piperazine rings is 1. The van der Waals surface area contributed by atoms with E-state index in [4.69, 9.17) is 16.3 Å². The molecule has 2 aromatic carbocycles. The minimum atomic E-state index is -1.08. The van der Waals surface area contributed by atoms with Crippen LogP contribution in [0.15, 0.2) is 42.7 Å². The van der Waals surface area contributed by atoms with E-state index < -0.39 is 17.5 Å². The molecule has 4 heterocycles. The highest BCUT2D eigenvalue weighted by Crippen LogP contribution is 2.33. The van der Waals surface area contributed by atoms with Crippen LogP contribution in [-0.2, 0) is 23.1 Å². The van der Waals surface area contributed by atoms with Gasteiger partial charge in [0.2, 0.25) is 5.91 Å². The van der Waals surface area contributed by atoms with Crippen LogP contribution in [0.3, 0.4) is 0 Å². The molecule has 2 fully saturated rings. The third-order valence-corrected chi connectivity index (χ3v) is 10.6. The number of anilines is 1. The van der Waals surface area contributed by atoms with Crippen LogP contribution in [-0.4, -0.2) is 118 Å². The molecule has 276 valence electrons. The van der Waals surface area contributed by atoms with E-state index in [0.717, 1.165) is 30.4 Å². The van der Waals surface area contributed by atoms with Crippen LogP contribution in [0.25, 0.3) is 22.4 Å². The molecule has 0 spiro atoms. The molecular formula is C37H44ClF2N8O4+. The van der Waals surface area contributed by atoms with Gasteiger partial charge in [-0.15, -0.1) is 0 Å². The molecule has 6 rings (SSSR count). The number of piperidine rings is 1. The predicted molar refractivity (Wildman–Crippen MR) is 193 cm³/mol. The van der Waals surface area contributed by atoms with E-state index in [2.05, 4.69) is 29.5 Å². The molecule has 0 atom stereocenters. The summed E-state index contributed by atoms with van der Waals surface area (Å²) in [6, 6.07) is 7.52. The highest BCUT2D eigenvalue weighted by atomic mass is 35.5. The minimum Gasteiger partial charge on any atom is -0.383 e. The van der Waals surface area contributed by atoms with E-state index in [-0.39, 0.29) is 51.0 Å². The van der Waals surface area contributed by atoms with Crippen molar-refractivity contribution in [2.45, 2.75) is 26.3 Å². The molecule has 0 unspecified atom stereocenters. The number of nitrogens with zero attached hydrogens (tertiary/aromatic N) is 7. The first-order valence-corrected chi connectivity index (χ1v) is 17.7. The lowest BCUT2D eigenvalue weighted by atomic mass is 9.94. The lowest BCUT2D eigenvalue weighted by Crippen LogP contribution is -2.54. The summed E-state index contributed by atoms with van der Waals surface area (Å²) < 4.78 is 40.0. The van der Waals surface area contributed by atoms with Gasteiger partial charge in [0.25, 0.3) is 11.8 Å². The summed E-state index contributed by atoms with van der Waals surface area (Å²) in [6.45, 7) is 6.38. The van der Waals surface area contributed by atoms with Gasteiger partial charge in [0.15, 0.2) is 17.5 Å². The van der Waals surface area contributed by atoms with Crippen molar-refractivity contribution in [3.8, 4) is 22.4 Å². The highest BCUT2D eigenvalue weighted by Gasteiger charge is 2.35. The fourth-order valence-corrected chi connectivity index (χ4v) is 7.23. The zero-order valence-electron chi connectivity index (χ0n) is 30.1. The maximum Gasteiger partial charge on any atom is 0.291 e. The zero-order chi connectivity index (χ0) is 37.3. The Labute approximate surface area is 306 Å². The number of ether oxygens (including phenoxy) is 1. The number of aromatic nitrogens is 4. The Morgan fingerprint density at radius 3 is 2.29 bits per heavy atom. The number of likely N-dealkylation sites (tertiary alicyclic amines) is 1. The molecule has 0 radical (unpaired) electrons. The number of hydrogen-bond donors (Lipinski definition) is 1. The fraction of sp³-hybridized carbons (Fsp3) is 0.432. The Hall–Kier alpha value is -4.66. The van der Waals surface area contributed by atoms with Gasteiger partial charge >= 0.3 is 0 Å². The van der Waals surface area contributed by atoms with Crippen molar-refractivity contribution < 1.29 is 32.4 Å². The van der Waals surface area contributed by atoms with Crippen molar-refractivity contribution in [2.24, 2.45) is 13.0 Å². The van der Waals surface area contributed by atoms with Gasteiger partial charge in [0.1, 0.15) is 0 Å². The van der Waals surface area contributed by atoms with Gasteiger partial charge in [0, 0.05) is 87.2 Å². The van der Waals surface area contributed by atoms with Gasteiger partial charge in [-0.05, 0) is 31.2 Å². The molecule has 0 aliphatic carbocycles. The van der Waals surface area contributed by atoms with Crippen LogP contribution >= 0.6 is 11.6 Å². The number of nitrogens with one attached hydrogen (secondary N) is 1. The molecule has 1 N–H and O–H groups in total. The second kappa shape index (κ2) is 15.1. The fourth-order valence-electron chi connectivity index (χ4n) is 6.97. The topological polar surface area (TPSA) is 115 Å². The molecule has 2 saturated heterocycles. The molecule has 12 nitrogen and oxygen atoms in total. The minimum absolute atomic E-state index is 0.0390. The maximum atomic E-state index is 15.5. The normalized spacial score (nSPS) is 16.3. The smallest absolute Gasteiger partial charge is 0.291 e. The predicted octanol–water partition coefficient (Wildman–Crippen LogP) is 4.86. The van der Waals surface area contributed by atoms with Gasteiger partial charge in [-0.2, -0.15) is 5.10 Å². The third-order valence-electron chi connectivity index (χ3n) is 10.3. The molecule has 2 aromatic heterocycles. The monoisotopic (exact) mass is 737 g/mol. The Balaban J connectivity index is 1.09.